The second-order valence-electron chi connectivity index (χ2n) is 5.61. The lowest BCUT2D eigenvalue weighted by atomic mass is 9.89. The molecule has 0 spiro atoms. The number of halogens is 1. The number of para-hydroxylation sites is 1. The van der Waals surface area contributed by atoms with Crippen molar-refractivity contribution in [1.29, 1.82) is 0 Å². The summed E-state index contributed by atoms with van der Waals surface area (Å²) in [7, 11) is 1.72. The first-order chi connectivity index (χ1) is 10.2. The van der Waals surface area contributed by atoms with Gasteiger partial charge in [0.25, 0.3) is 0 Å². The Morgan fingerprint density at radius 1 is 0.952 bits per heavy atom. The summed E-state index contributed by atoms with van der Waals surface area (Å²) in [5.41, 5.74) is 5.37. The van der Waals surface area contributed by atoms with Crippen LogP contribution in [0.4, 0.5) is 0 Å². The standard InChI is InChI=1S/C19H23ClO/c1-14-7-6-8-15(2)18(14)12-16(13-20)11-17-9-4-5-10-19(17)21-3/h4-10,16H,11-13H2,1-3H3. The van der Waals surface area contributed by atoms with E-state index >= 15 is 0 Å². The van der Waals surface area contributed by atoms with Crippen LogP contribution in [-0.2, 0) is 12.8 Å². The topological polar surface area (TPSA) is 9.23 Å². The minimum absolute atomic E-state index is 0.419. The van der Waals surface area contributed by atoms with Gasteiger partial charge in [0.1, 0.15) is 5.75 Å². The van der Waals surface area contributed by atoms with Crippen molar-refractivity contribution >= 4 is 11.6 Å². The largest absolute Gasteiger partial charge is 0.496 e. The molecule has 112 valence electrons. The second-order valence-corrected chi connectivity index (χ2v) is 5.92. The Hall–Kier alpha value is -1.47. The molecular formula is C19H23ClO. The lowest BCUT2D eigenvalue weighted by molar-refractivity contribution is 0.405. The molecular weight excluding hydrogens is 280 g/mol. The Bertz CT molecular complexity index is 572. The molecule has 1 unspecified atom stereocenters. The number of ether oxygens (including phenoxy) is 1. The fraction of sp³-hybridized carbons (Fsp3) is 0.368. The highest BCUT2D eigenvalue weighted by atomic mass is 35.5. The van der Waals surface area contributed by atoms with Gasteiger partial charge in [0.2, 0.25) is 0 Å². The third-order valence-corrected chi connectivity index (χ3v) is 4.49. The smallest absolute Gasteiger partial charge is 0.122 e. The third-order valence-electron chi connectivity index (χ3n) is 4.06. The van der Waals surface area contributed by atoms with Gasteiger partial charge >= 0.3 is 0 Å². The summed E-state index contributed by atoms with van der Waals surface area (Å²) in [5.74, 6) is 2.03. The summed E-state index contributed by atoms with van der Waals surface area (Å²) < 4.78 is 5.45. The number of hydrogen-bond donors (Lipinski definition) is 0. The lowest BCUT2D eigenvalue weighted by Gasteiger charge is -2.18. The average molecular weight is 303 g/mol. The van der Waals surface area contributed by atoms with Gasteiger partial charge in [0.15, 0.2) is 0 Å². The van der Waals surface area contributed by atoms with Crippen molar-refractivity contribution < 1.29 is 4.74 Å². The van der Waals surface area contributed by atoms with Gasteiger partial charge in [-0.15, -0.1) is 11.6 Å². The van der Waals surface area contributed by atoms with Crippen molar-refractivity contribution in [2.75, 3.05) is 13.0 Å². The Morgan fingerprint density at radius 2 is 1.62 bits per heavy atom. The molecule has 0 N–H and O–H groups in total. The first kappa shape index (κ1) is 15.9. The van der Waals surface area contributed by atoms with Crippen LogP contribution in [0, 0.1) is 19.8 Å². The maximum absolute atomic E-state index is 6.23. The molecule has 0 aromatic heterocycles. The van der Waals surface area contributed by atoms with E-state index < -0.39 is 0 Å². The Labute approximate surface area is 132 Å². The normalized spacial score (nSPS) is 12.2. The highest BCUT2D eigenvalue weighted by molar-refractivity contribution is 6.18. The lowest BCUT2D eigenvalue weighted by Crippen LogP contribution is -2.12. The van der Waals surface area contributed by atoms with Crippen LogP contribution in [0.3, 0.4) is 0 Å². The van der Waals surface area contributed by atoms with Crippen LogP contribution in [0.5, 0.6) is 5.75 Å². The van der Waals surface area contributed by atoms with Gasteiger partial charge < -0.3 is 4.74 Å². The van der Waals surface area contributed by atoms with E-state index in [0.717, 1.165) is 18.6 Å². The summed E-state index contributed by atoms with van der Waals surface area (Å²) in [4.78, 5) is 0. The SMILES string of the molecule is COc1ccccc1CC(CCl)Cc1c(C)cccc1C. The second kappa shape index (κ2) is 7.51. The van der Waals surface area contributed by atoms with Gasteiger partial charge in [0, 0.05) is 5.88 Å². The average Bonchev–Trinajstić information content (AvgIpc) is 2.50. The highest BCUT2D eigenvalue weighted by Crippen LogP contribution is 2.25. The number of benzene rings is 2. The van der Waals surface area contributed by atoms with Crippen LogP contribution >= 0.6 is 11.6 Å². The fourth-order valence-electron chi connectivity index (χ4n) is 2.82. The highest BCUT2D eigenvalue weighted by Gasteiger charge is 2.14. The Kier molecular flexibility index (Phi) is 5.69. The first-order valence-electron chi connectivity index (χ1n) is 7.38. The van der Waals surface area contributed by atoms with E-state index in [-0.39, 0.29) is 0 Å². The molecule has 2 rings (SSSR count). The number of alkyl halides is 1. The predicted molar refractivity (Wildman–Crippen MR) is 90.5 cm³/mol. The number of aryl methyl sites for hydroxylation is 2. The van der Waals surface area contributed by atoms with Gasteiger partial charge in [-0.2, -0.15) is 0 Å². The van der Waals surface area contributed by atoms with Crippen LogP contribution in [0.2, 0.25) is 0 Å². The van der Waals surface area contributed by atoms with Gasteiger partial charge in [-0.1, -0.05) is 36.4 Å². The molecule has 0 aliphatic heterocycles. The van der Waals surface area contributed by atoms with Crippen LogP contribution in [0.1, 0.15) is 22.3 Å². The minimum Gasteiger partial charge on any atom is -0.496 e. The number of hydrogen-bond acceptors (Lipinski definition) is 1. The predicted octanol–water partition coefficient (Wildman–Crippen LogP) is 4.95. The van der Waals surface area contributed by atoms with Crippen molar-refractivity contribution in [3.63, 3.8) is 0 Å². The summed E-state index contributed by atoms with van der Waals surface area (Å²) >= 11 is 6.23. The molecule has 2 aromatic carbocycles. The molecule has 2 aromatic rings. The maximum atomic E-state index is 6.23. The first-order valence-corrected chi connectivity index (χ1v) is 7.92. The summed E-state index contributed by atoms with van der Waals surface area (Å²) in [6.07, 6.45) is 1.96. The van der Waals surface area contributed by atoms with Gasteiger partial charge in [0.05, 0.1) is 7.11 Å². The van der Waals surface area contributed by atoms with Gasteiger partial charge in [-0.25, -0.2) is 0 Å². The zero-order valence-corrected chi connectivity index (χ0v) is 13.8. The summed E-state index contributed by atoms with van der Waals surface area (Å²) in [6.45, 7) is 4.35. The van der Waals surface area contributed by atoms with E-state index in [1.807, 2.05) is 12.1 Å². The molecule has 0 heterocycles. The number of methoxy groups -OCH3 is 1. The Morgan fingerprint density at radius 3 is 2.24 bits per heavy atom. The molecule has 0 bridgehead atoms. The van der Waals surface area contributed by atoms with E-state index in [0.29, 0.717) is 11.8 Å². The zero-order valence-electron chi connectivity index (χ0n) is 13.0. The fourth-order valence-corrected chi connectivity index (χ4v) is 3.04. The van der Waals surface area contributed by atoms with E-state index in [4.69, 9.17) is 16.3 Å². The molecule has 0 aliphatic rings. The van der Waals surface area contributed by atoms with Gasteiger partial charge in [-0.3, -0.25) is 0 Å². The van der Waals surface area contributed by atoms with Crippen LogP contribution in [-0.4, -0.2) is 13.0 Å². The van der Waals surface area contributed by atoms with E-state index in [9.17, 15) is 0 Å². The van der Waals surface area contributed by atoms with Crippen molar-refractivity contribution in [2.45, 2.75) is 26.7 Å². The molecule has 0 saturated heterocycles. The molecule has 0 aliphatic carbocycles. The van der Waals surface area contributed by atoms with E-state index in [2.05, 4.69) is 44.2 Å². The van der Waals surface area contributed by atoms with E-state index in [1.165, 1.54) is 22.3 Å². The van der Waals surface area contributed by atoms with Crippen LogP contribution in [0.15, 0.2) is 42.5 Å². The third kappa shape index (κ3) is 4.01. The van der Waals surface area contributed by atoms with Crippen molar-refractivity contribution in [3.05, 3.63) is 64.7 Å². The maximum Gasteiger partial charge on any atom is 0.122 e. The molecule has 0 saturated carbocycles. The summed E-state index contributed by atoms with van der Waals surface area (Å²) in [5, 5.41) is 0. The van der Waals surface area contributed by atoms with Gasteiger partial charge in [-0.05, 0) is 60.9 Å². The minimum atomic E-state index is 0.419. The molecule has 1 nitrogen and oxygen atoms in total. The molecule has 0 radical (unpaired) electrons. The molecule has 0 amide bonds. The summed E-state index contributed by atoms with van der Waals surface area (Å²) in [6, 6.07) is 14.7. The van der Waals surface area contributed by atoms with E-state index in [1.54, 1.807) is 7.11 Å². The number of rotatable bonds is 6. The zero-order chi connectivity index (χ0) is 15.2. The monoisotopic (exact) mass is 302 g/mol. The van der Waals surface area contributed by atoms with Crippen molar-refractivity contribution in [2.24, 2.45) is 5.92 Å². The quantitative estimate of drug-likeness (QED) is 0.686. The molecule has 2 heteroatoms. The Balaban J connectivity index is 2.17. The van der Waals surface area contributed by atoms with Crippen molar-refractivity contribution in [3.8, 4) is 5.75 Å². The molecule has 1 atom stereocenters. The van der Waals surface area contributed by atoms with Crippen molar-refractivity contribution in [1.82, 2.24) is 0 Å². The van der Waals surface area contributed by atoms with Crippen LogP contribution < -0.4 is 4.74 Å². The van der Waals surface area contributed by atoms with Crippen LogP contribution in [0.25, 0.3) is 0 Å². The molecule has 0 fully saturated rings. The molecule has 21 heavy (non-hydrogen) atoms.